The van der Waals surface area contributed by atoms with Crippen LogP contribution in [0.15, 0.2) is 12.1 Å². The summed E-state index contributed by atoms with van der Waals surface area (Å²) < 4.78 is 0. The van der Waals surface area contributed by atoms with E-state index >= 15 is 0 Å². The second-order valence-corrected chi connectivity index (χ2v) is 4.59. The van der Waals surface area contributed by atoms with Crippen molar-refractivity contribution < 1.29 is 0 Å². The summed E-state index contributed by atoms with van der Waals surface area (Å²) in [5, 5.41) is 0. The Morgan fingerprint density at radius 3 is 2.19 bits per heavy atom. The van der Waals surface area contributed by atoms with Gasteiger partial charge in [-0.2, -0.15) is 0 Å². The molecular formula is C16H21. The highest BCUT2D eigenvalue weighted by Crippen LogP contribution is 2.17. The van der Waals surface area contributed by atoms with Gasteiger partial charge in [0, 0.05) is 6.42 Å². The topological polar surface area (TPSA) is 0 Å². The molecule has 0 amide bonds. The predicted molar refractivity (Wildman–Crippen MR) is 70.0 cm³/mol. The van der Waals surface area contributed by atoms with Gasteiger partial charge < -0.3 is 0 Å². The normalized spacial score (nSPS) is 10.1. The van der Waals surface area contributed by atoms with Crippen molar-refractivity contribution in [2.24, 2.45) is 0 Å². The average molecular weight is 213 g/mol. The smallest absolute Gasteiger partial charge is 0.00989 e. The van der Waals surface area contributed by atoms with Crippen molar-refractivity contribution in [1.29, 1.82) is 0 Å². The van der Waals surface area contributed by atoms with Crippen LogP contribution < -0.4 is 0 Å². The molecule has 1 aromatic rings. The number of hydrogen-bond donors (Lipinski definition) is 0. The first-order valence-corrected chi connectivity index (χ1v) is 6.11. The molecule has 0 N–H and O–H groups in total. The van der Waals surface area contributed by atoms with E-state index in [4.69, 9.17) is 6.42 Å². The molecule has 0 aliphatic carbocycles. The number of rotatable bonds is 5. The predicted octanol–water partition coefficient (Wildman–Crippen LogP) is 4.30. The molecule has 0 aliphatic heterocycles. The van der Waals surface area contributed by atoms with Crippen LogP contribution in [-0.2, 0) is 6.42 Å². The lowest BCUT2D eigenvalue weighted by molar-refractivity contribution is 0.692. The third-order valence-electron chi connectivity index (χ3n) is 3.25. The van der Waals surface area contributed by atoms with E-state index in [2.05, 4.69) is 38.8 Å². The molecule has 0 saturated heterocycles. The molecule has 0 heterocycles. The van der Waals surface area contributed by atoms with Crippen molar-refractivity contribution in [2.75, 3.05) is 0 Å². The van der Waals surface area contributed by atoms with Gasteiger partial charge >= 0.3 is 0 Å². The largest absolute Gasteiger partial charge is 0.0891 e. The van der Waals surface area contributed by atoms with Crippen molar-refractivity contribution in [1.82, 2.24) is 0 Å². The SMILES string of the molecule is [C]#CCCCCCc1cc(C)c(C)c(C)c1. The van der Waals surface area contributed by atoms with Crippen LogP contribution in [0.1, 0.15) is 47.9 Å². The van der Waals surface area contributed by atoms with E-state index < -0.39 is 0 Å². The Labute approximate surface area is 100 Å². The Bertz CT molecular complexity index is 357. The molecule has 16 heavy (non-hydrogen) atoms. The summed E-state index contributed by atoms with van der Waals surface area (Å²) >= 11 is 0. The first-order valence-electron chi connectivity index (χ1n) is 6.11. The van der Waals surface area contributed by atoms with Gasteiger partial charge in [0.25, 0.3) is 0 Å². The standard InChI is InChI=1S/C16H21/c1-5-6-7-8-9-10-16-11-13(2)15(4)14(3)12-16/h11-12H,6-10H2,2-4H3. The van der Waals surface area contributed by atoms with E-state index in [-0.39, 0.29) is 0 Å². The summed E-state index contributed by atoms with van der Waals surface area (Å²) in [5.74, 6) is 2.44. The minimum atomic E-state index is 0.811. The van der Waals surface area contributed by atoms with Gasteiger partial charge in [0.2, 0.25) is 0 Å². The van der Waals surface area contributed by atoms with E-state index in [1.807, 2.05) is 0 Å². The maximum atomic E-state index is 6.83. The molecule has 0 spiro atoms. The number of benzene rings is 1. The van der Waals surface area contributed by atoms with Gasteiger partial charge in [0.1, 0.15) is 0 Å². The second-order valence-electron chi connectivity index (χ2n) is 4.59. The zero-order valence-corrected chi connectivity index (χ0v) is 10.7. The number of aryl methyl sites for hydroxylation is 3. The van der Waals surface area contributed by atoms with Crippen molar-refractivity contribution >= 4 is 0 Å². The van der Waals surface area contributed by atoms with Crippen LogP contribution in [0.25, 0.3) is 0 Å². The lowest BCUT2D eigenvalue weighted by atomic mass is 9.97. The fourth-order valence-electron chi connectivity index (χ4n) is 1.99. The Kier molecular flexibility index (Phi) is 5.12. The highest BCUT2D eigenvalue weighted by Gasteiger charge is 2.00. The third kappa shape index (κ3) is 3.74. The minimum absolute atomic E-state index is 0.811. The molecule has 0 heteroatoms. The van der Waals surface area contributed by atoms with E-state index in [0.29, 0.717) is 0 Å². The van der Waals surface area contributed by atoms with Crippen LogP contribution in [-0.4, -0.2) is 0 Å². The molecule has 1 aromatic carbocycles. The molecule has 0 bridgehead atoms. The molecule has 85 valence electrons. The molecule has 0 saturated carbocycles. The summed E-state index contributed by atoms with van der Waals surface area (Å²) in [6.07, 6.45) is 12.3. The molecule has 0 atom stereocenters. The lowest BCUT2D eigenvalue weighted by Gasteiger charge is -2.08. The van der Waals surface area contributed by atoms with Crippen molar-refractivity contribution in [3.05, 3.63) is 40.8 Å². The number of hydrogen-bond acceptors (Lipinski definition) is 0. The highest BCUT2D eigenvalue weighted by molar-refractivity contribution is 5.36. The molecule has 0 aromatic heterocycles. The molecular weight excluding hydrogens is 192 g/mol. The summed E-state index contributed by atoms with van der Waals surface area (Å²) in [7, 11) is 0. The summed E-state index contributed by atoms with van der Waals surface area (Å²) in [6.45, 7) is 6.57. The zero-order chi connectivity index (χ0) is 12.0. The van der Waals surface area contributed by atoms with Crippen LogP contribution in [0.3, 0.4) is 0 Å². The number of unbranched alkanes of at least 4 members (excludes halogenated alkanes) is 3. The third-order valence-corrected chi connectivity index (χ3v) is 3.25. The van der Waals surface area contributed by atoms with Gasteiger partial charge in [0.15, 0.2) is 0 Å². The van der Waals surface area contributed by atoms with Gasteiger partial charge in [-0.3, -0.25) is 0 Å². The maximum Gasteiger partial charge on any atom is 0.00989 e. The van der Waals surface area contributed by atoms with Crippen LogP contribution in [0, 0.1) is 33.1 Å². The molecule has 0 nitrogen and oxygen atoms in total. The Morgan fingerprint density at radius 1 is 1.00 bits per heavy atom. The highest BCUT2D eigenvalue weighted by atomic mass is 14.1. The van der Waals surface area contributed by atoms with Crippen molar-refractivity contribution in [3.63, 3.8) is 0 Å². The molecule has 0 aliphatic rings. The quantitative estimate of drug-likeness (QED) is 0.505. The summed E-state index contributed by atoms with van der Waals surface area (Å²) in [6, 6.07) is 4.62. The Balaban J connectivity index is 2.46. The first-order chi connectivity index (χ1) is 7.65. The van der Waals surface area contributed by atoms with E-state index in [1.54, 1.807) is 0 Å². The van der Waals surface area contributed by atoms with E-state index in [0.717, 1.165) is 12.8 Å². The zero-order valence-electron chi connectivity index (χ0n) is 10.7. The first kappa shape index (κ1) is 12.8. The molecule has 1 rings (SSSR count). The molecule has 0 unspecified atom stereocenters. The second kappa shape index (κ2) is 6.38. The van der Waals surface area contributed by atoms with E-state index in [9.17, 15) is 0 Å². The maximum absolute atomic E-state index is 6.83. The van der Waals surface area contributed by atoms with Crippen molar-refractivity contribution in [3.8, 4) is 5.92 Å². The van der Waals surface area contributed by atoms with Crippen molar-refractivity contribution in [2.45, 2.75) is 52.9 Å². The molecule has 0 fully saturated rings. The monoisotopic (exact) mass is 213 g/mol. The van der Waals surface area contributed by atoms with Crippen LogP contribution in [0.5, 0.6) is 0 Å². The summed E-state index contributed by atoms with van der Waals surface area (Å²) in [5.41, 5.74) is 5.69. The van der Waals surface area contributed by atoms with Crippen LogP contribution in [0.2, 0.25) is 0 Å². The van der Waals surface area contributed by atoms with E-state index in [1.165, 1.54) is 41.5 Å². The van der Waals surface area contributed by atoms with Gasteiger partial charge in [-0.05, 0) is 68.7 Å². The Morgan fingerprint density at radius 2 is 1.62 bits per heavy atom. The van der Waals surface area contributed by atoms with Gasteiger partial charge in [0.05, 0.1) is 0 Å². The van der Waals surface area contributed by atoms with Crippen LogP contribution in [0.4, 0.5) is 0 Å². The minimum Gasteiger partial charge on any atom is -0.0891 e. The lowest BCUT2D eigenvalue weighted by Crippen LogP contribution is -1.92. The average Bonchev–Trinajstić information content (AvgIpc) is 2.25. The van der Waals surface area contributed by atoms with Gasteiger partial charge in [-0.25, -0.2) is 0 Å². The fraction of sp³-hybridized carbons (Fsp3) is 0.500. The van der Waals surface area contributed by atoms with Gasteiger partial charge in [-0.1, -0.05) is 24.5 Å². The van der Waals surface area contributed by atoms with Crippen LogP contribution >= 0.6 is 0 Å². The molecule has 1 radical (unpaired) electrons. The summed E-state index contributed by atoms with van der Waals surface area (Å²) in [4.78, 5) is 0. The fourth-order valence-corrected chi connectivity index (χ4v) is 1.99. The Hall–Kier alpha value is -1.22. The van der Waals surface area contributed by atoms with Gasteiger partial charge in [-0.15, -0.1) is 0 Å².